The summed E-state index contributed by atoms with van der Waals surface area (Å²) in [6, 6.07) is 3.00. The highest BCUT2D eigenvalue weighted by molar-refractivity contribution is 7.85. The van der Waals surface area contributed by atoms with Gasteiger partial charge in [-0.15, -0.1) is 0 Å². The van der Waals surface area contributed by atoms with Crippen LogP contribution in [-0.4, -0.2) is 19.8 Å². The lowest BCUT2D eigenvalue weighted by Gasteiger charge is -2.02. The van der Waals surface area contributed by atoms with Crippen molar-refractivity contribution in [2.75, 3.05) is 6.26 Å². The van der Waals surface area contributed by atoms with Crippen molar-refractivity contribution in [3.8, 4) is 11.3 Å². The molecule has 1 aromatic heterocycles. The minimum atomic E-state index is -3.65. The van der Waals surface area contributed by atoms with Crippen LogP contribution in [0.5, 0.6) is 0 Å². The summed E-state index contributed by atoms with van der Waals surface area (Å²) in [4.78, 5) is 0. The van der Waals surface area contributed by atoms with Gasteiger partial charge in [-0.3, -0.25) is 4.18 Å². The minimum absolute atomic E-state index is 0.0325. The first-order valence-corrected chi connectivity index (χ1v) is 7.41. The van der Waals surface area contributed by atoms with Gasteiger partial charge in [0, 0.05) is 6.07 Å². The zero-order valence-electron chi connectivity index (χ0n) is 10.1. The summed E-state index contributed by atoms with van der Waals surface area (Å²) in [7, 11) is -3.65. The second-order valence-electron chi connectivity index (χ2n) is 3.86. The summed E-state index contributed by atoms with van der Waals surface area (Å²) in [5, 5.41) is 3.07. The van der Waals surface area contributed by atoms with E-state index >= 15 is 0 Å². The van der Waals surface area contributed by atoms with Crippen LogP contribution in [0, 0.1) is 11.6 Å². The van der Waals surface area contributed by atoms with E-state index in [-0.39, 0.29) is 17.0 Å². The molecule has 9 heteroatoms. The molecule has 0 aliphatic heterocycles. The zero-order chi connectivity index (χ0) is 14.9. The molecular formula is C11H8ClF2NO4S. The molecule has 0 aliphatic carbocycles. The molecule has 0 aliphatic rings. The van der Waals surface area contributed by atoms with Crippen LogP contribution >= 0.6 is 11.6 Å². The van der Waals surface area contributed by atoms with Crippen LogP contribution < -0.4 is 0 Å². The quantitative estimate of drug-likeness (QED) is 0.639. The van der Waals surface area contributed by atoms with Gasteiger partial charge in [-0.25, -0.2) is 8.78 Å². The van der Waals surface area contributed by atoms with Gasteiger partial charge in [0.1, 0.15) is 23.9 Å². The van der Waals surface area contributed by atoms with Crippen LogP contribution in [0.4, 0.5) is 8.78 Å². The molecule has 0 N–H and O–H groups in total. The maximum absolute atomic E-state index is 13.6. The third-order valence-corrected chi connectivity index (χ3v) is 3.19. The van der Waals surface area contributed by atoms with Crippen LogP contribution in [0.3, 0.4) is 0 Å². The number of nitrogens with zero attached hydrogens (tertiary/aromatic N) is 1. The molecule has 108 valence electrons. The van der Waals surface area contributed by atoms with Gasteiger partial charge in [-0.05, 0) is 12.1 Å². The first kappa shape index (κ1) is 14.9. The number of hydrogen-bond donors (Lipinski definition) is 0. The fourth-order valence-electron chi connectivity index (χ4n) is 1.43. The Balaban J connectivity index is 2.32. The molecule has 0 bridgehead atoms. The number of halogens is 3. The highest BCUT2D eigenvalue weighted by Gasteiger charge is 2.18. The maximum Gasteiger partial charge on any atom is 0.264 e. The molecule has 0 fully saturated rings. The molecule has 0 spiro atoms. The SMILES string of the molecule is CS(=O)(=O)OCc1cc(-c2c(F)ccc(F)c2Cl)no1. The molecule has 0 amide bonds. The van der Waals surface area contributed by atoms with E-state index in [4.69, 9.17) is 16.1 Å². The summed E-state index contributed by atoms with van der Waals surface area (Å²) in [5.74, 6) is -1.55. The lowest BCUT2D eigenvalue weighted by atomic mass is 10.1. The lowest BCUT2D eigenvalue weighted by molar-refractivity contribution is 0.256. The molecular weight excluding hydrogens is 316 g/mol. The second kappa shape index (κ2) is 5.47. The number of hydrogen-bond acceptors (Lipinski definition) is 5. The van der Waals surface area contributed by atoms with E-state index in [0.29, 0.717) is 0 Å². The normalized spacial score (nSPS) is 11.8. The Labute approximate surface area is 118 Å². The number of rotatable bonds is 4. The molecule has 2 aromatic rings. The topological polar surface area (TPSA) is 69.4 Å². The van der Waals surface area contributed by atoms with Crippen molar-refractivity contribution in [3.05, 3.63) is 40.6 Å². The fraction of sp³-hybridized carbons (Fsp3) is 0.182. The standard InChI is InChI=1S/C11H8ClF2NO4S/c1-20(16,17)18-5-6-4-9(15-19-6)10-7(13)2-3-8(14)11(10)12/h2-4H,5H2,1H3. The highest BCUT2D eigenvalue weighted by Crippen LogP contribution is 2.32. The van der Waals surface area contributed by atoms with Crippen molar-refractivity contribution in [1.29, 1.82) is 0 Å². The molecule has 0 unspecified atom stereocenters. The second-order valence-corrected chi connectivity index (χ2v) is 5.88. The molecule has 0 atom stereocenters. The van der Waals surface area contributed by atoms with Gasteiger partial charge in [-0.2, -0.15) is 8.42 Å². The Hall–Kier alpha value is -1.51. The minimum Gasteiger partial charge on any atom is -0.358 e. The maximum atomic E-state index is 13.6. The van der Waals surface area contributed by atoms with E-state index < -0.39 is 33.4 Å². The molecule has 2 rings (SSSR count). The van der Waals surface area contributed by atoms with Crippen LogP contribution in [0.15, 0.2) is 22.7 Å². The Bertz CT molecular complexity index is 745. The first-order valence-electron chi connectivity index (χ1n) is 5.22. The molecule has 20 heavy (non-hydrogen) atoms. The van der Waals surface area contributed by atoms with Crippen molar-refractivity contribution < 1.29 is 25.9 Å². The number of aromatic nitrogens is 1. The van der Waals surface area contributed by atoms with Crippen molar-refractivity contribution >= 4 is 21.7 Å². The smallest absolute Gasteiger partial charge is 0.264 e. The average molecular weight is 324 g/mol. The van der Waals surface area contributed by atoms with E-state index in [1.807, 2.05) is 0 Å². The average Bonchev–Trinajstić information content (AvgIpc) is 2.80. The fourth-order valence-corrected chi connectivity index (χ4v) is 2.01. The summed E-state index contributed by atoms with van der Waals surface area (Å²) in [6.45, 7) is -0.402. The number of benzene rings is 1. The molecule has 5 nitrogen and oxygen atoms in total. The monoisotopic (exact) mass is 323 g/mol. The van der Waals surface area contributed by atoms with Crippen LogP contribution in [-0.2, 0) is 20.9 Å². The third-order valence-electron chi connectivity index (χ3n) is 2.27. The van der Waals surface area contributed by atoms with Crippen LogP contribution in [0.1, 0.15) is 5.76 Å². The predicted molar refractivity (Wildman–Crippen MR) is 66.5 cm³/mol. The summed E-state index contributed by atoms with van der Waals surface area (Å²) >= 11 is 5.67. The molecule has 1 heterocycles. The Kier molecular flexibility index (Phi) is 4.07. The van der Waals surface area contributed by atoms with Gasteiger partial charge in [0.25, 0.3) is 10.1 Å². The lowest BCUT2D eigenvalue weighted by Crippen LogP contribution is -2.01. The Morgan fingerprint density at radius 3 is 2.65 bits per heavy atom. The van der Waals surface area contributed by atoms with E-state index in [2.05, 4.69) is 9.34 Å². The van der Waals surface area contributed by atoms with Gasteiger partial charge >= 0.3 is 0 Å². The Morgan fingerprint density at radius 1 is 1.35 bits per heavy atom. The molecule has 0 radical (unpaired) electrons. The van der Waals surface area contributed by atoms with E-state index in [1.54, 1.807) is 0 Å². The molecule has 1 aromatic carbocycles. The van der Waals surface area contributed by atoms with Gasteiger partial charge in [-0.1, -0.05) is 16.8 Å². The van der Waals surface area contributed by atoms with E-state index in [9.17, 15) is 17.2 Å². The Morgan fingerprint density at radius 2 is 2.00 bits per heavy atom. The summed E-state index contributed by atoms with van der Waals surface area (Å²) in [6.07, 6.45) is 0.868. The van der Waals surface area contributed by atoms with E-state index in [1.165, 1.54) is 6.07 Å². The van der Waals surface area contributed by atoms with Gasteiger partial charge in [0.15, 0.2) is 5.76 Å². The largest absolute Gasteiger partial charge is 0.358 e. The first-order chi connectivity index (χ1) is 9.28. The molecule has 0 saturated carbocycles. The van der Waals surface area contributed by atoms with E-state index in [0.717, 1.165) is 18.4 Å². The molecule has 0 saturated heterocycles. The summed E-state index contributed by atoms with van der Waals surface area (Å²) < 4.78 is 57.8. The van der Waals surface area contributed by atoms with Crippen molar-refractivity contribution in [1.82, 2.24) is 5.16 Å². The van der Waals surface area contributed by atoms with Crippen LogP contribution in [0.25, 0.3) is 11.3 Å². The van der Waals surface area contributed by atoms with Gasteiger partial charge in [0.05, 0.1) is 16.8 Å². The highest BCUT2D eigenvalue weighted by atomic mass is 35.5. The predicted octanol–water partition coefficient (Wildman–Crippen LogP) is 2.75. The zero-order valence-corrected chi connectivity index (χ0v) is 11.6. The van der Waals surface area contributed by atoms with Crippen molar-refractivity contribution in [3.63, 3.8) is 0 Å². The van der Waals surface area contributed by atoms with Crippen molar-refractivity contribution in [2.24, 2.45) is 0 Å². The van der Waals surface area contributed by atoms with Crippen LogP contribution in [0.2, 0.25) is 5.02 Å². The summed E-state index contributed by atoms with van der Waals surface area (Å²) in [5.41, 5.74) is -0.319. The van der Waals surface area contributed by atoms with Gasteiger partial charge < -0.3 is 4.52 Å². The van der Waals surface area contributed by atoms with Crippen molar-refractivity contribution in [2.45, 2.75) is 6.61 Å². The van der Waals surface area contributed by atoms with Gasteiger partial charge in [0.2, 0.25) is 0 Å². The third kappa shape index (κ3) is 3.33.